The molecule has 0 atom stereocenters. The molecule has 0 aromatic carbocycles. The van der Waals surface area contributed by atoms with E-state index in [0.717, 1.165) is 0 Å². The summed E-state index contributed by atoms with van der Waals surface area (Å²) >= 11 is 0. The first-order valence-electron chi connectivity index (χ1n) is 2.51. The van der Waals surface area contributed by atoms with Crippen molar-refractivity contribution in [1.82, 2.24) is 0 Å². The number of methoxy groups -OCH3 is 1. The largest absolute Gasteiger partial charge is 0.508 e. The van der Waals surface area contributed by atoms with Crippen LogP contribution in [-0.2, 0) is 19.0 Å². The molecule has 0 aliphatic carbocycles. The van der Waals surface area contributed by atoms with Crippen molar-refractivity contribution in [1.29, 1.82) is 0 Å². The molecule has 0 saturated carbocycles. The minimum absolute atomic E-state index is 0.00139. The molecular weight excluding hydrogens is 140 g/mol. The van der Waals surface area contributed by atoms with Crippen LogP contribution in [0.3, 0.4) is 0 Å². The Balaban J connectivity index is 3.03. The van der Waals surface area contributed by atoms with Crippen LogP contribution in [0.2, 0.25) is 0 Å². The minimum Gasteiger partial charge on any atom is -0.454 e. The van der Waals surface area contributed by atoms with Gasteiger partial charge in [0, 0.05) is 0 Å². The highest BCUT2D eigenvalue weighted by Crippen LogP contribution is 1.80. The topological polar surface area (TPSA) is 61.8 Å². The molecule has 0 N–H and O–H groups in total. The number of rotatable bonds is 4. The second-order valence-corrected chi connectivity index (χ2v) is 1.23. The van der Waals surface area contributed by atoms with Crippen LogP contribution in [0.5, 0.6) is 0 Å². The Morgan fingerprint density at radius 2 is 2.20 bits per heavy atom. The molecule has 0 aromatic rings. The van der Waals surface area contributed by atoms with Crippen LogP contribution < -0.4 is 0 Å². The quantitative estimate of drug-likeness (QED) is 0.409. The van der Waals surface area contributed by atoms with E-state index in [0.29, 0.717) is 0 Å². The van der Waals surface area contributed by atoms with Crippen molar-refractivity contribution in [3.63, 3.8) is 0 Å². The lowest BCUT2D eigenvalue weighted by molar-refractivity contribution is 0.0596. The monoisotopic (exact) mass is 147 g/mol. The lowest BCUT2D eigenvalue weighted by Crippen LogP contribution is -2.09. The van der Waals surface area contributed by atoms with Crippen molar-refractivity contribution in [2.24, 2.45) is 0 Å². The summed E-state index contributed by atoms with van der Waals surface area (Å²) in [4.78, 5) is 19.6. The Hall–Kier alpha value is -1.26. The second kappa shape index (κ2) is 5.87. The molecule has 10 heavy (non-hydrogen) atoms. The lowest BCUT2D eigenvalue weighted by Gasteiger charge is -1.99. The standard InChI is InChI=1S/C5H7O5/c1-8-5(7)10-3-2-9-4-6/h2-3H2,1H3. The van der Waals surface area contributed by atoms with E-state index in [1.165, 1.54) is 13.6 Å². The van der Waals surface area contributed by atoms with Gasteiger partial charge in [-0.25, -0.2) is 9.59 Å². The Morgan fingerprint density at radius 1 is 1.50 bits per heavy atom. The van der Waals surface area contributed by atoms with E-state index in [1.807, 2.05) is 0 Å². The molecule has 0 saturated heterocycles. The van der Waals surface area contributed by atoms with Crippen LogP contribution in [0.1, 0.15) is 0 Å². The van der Waals surface area contributed by atoms with Gasteiger partial charge in [0.15, 0.2) is 0 Å². The van der Waals surface area contributed by atoms with Gasteiger partial charge < -0.3 is 14.2 Å². The smallest absolute Gasteiger partial charge is 0.454 e. The summed E-state index contributed by atoms with van der Waals surface area (Å²) in [5.74, 6) is 0. The van der Waals surface area contributed by atoms with E-state index in [1.54, 1.807) is 0 Å². The van der Waals surface area contributed by atoms with Gasteiger partial charge >= 0.3 is 12.6 Å². The fourth-order valence-electron chi connectivity index (χ4n) is 0.267. The summed E-state index contributed by atoms with van der Waals surface area (Å²) in [5, 5.41) is 0. The van der Waals surface area contributed by atoms with E-state index in [2.05, 4.69) is 14.2 Å². The van der Waals surface area contributed by atoms with Crippen molar-refractivity contribution in [3.05, 3.63) is 0 Å². The first kappa shape index (κ1) is 8.74. The molecule has 0 spiro atoms. The normalized spacial score (nSPS) is 8.10. The molecule has 57 valence electrons. The van der Waals surface area contributed by atoms with E-state index in [-0.39, 0.29) is 13.2 Å². The summed E-state index contributed by atoms with van der Waals surface area (Å²) in [5.41, 5.74) is 0. The highest BCUT2D eigenvalue weighted by molar-refractivity contribution is 5.59. The number of carbonyl (C=O) groups excluding carboxylic acids is 2. The lowest BCUT2D eigenvalue weighted by atomic mass is 10.8. The molecule has 5 nitrogen and oxygen atoms in total. The van der Waals surface area contributed by atoms with Crippen molar-refractivity contribution >= 4 is 12.6 Å². The number of carbonyl (C=O) groups is 1. The van der Waals surface area contributed by atoms with Crippen LogP contribution in [0, 0.1) is 0 Å². The van der Waals surface area contributed by atoms with Crippen LogP contribution in [0.25, 0.3) is 0 Å². The number of hydrogen-bond acceptors (Lipinski definition) is 5. The third-order valence-corrected chi connectivity index (χ3v) is 0.631. The van der Waals surface area contributed by atoms with Gasteiger partial charge in [0.2, 0.25) is 0 Å². The van der Waals surface area contributed by atoms with Crippen LogP contribution in [0.4, 0.5) is 4.79 Å². The predicted molar refractivity (Wildman–Crippen MR) is 30.0 cm³/mol. The van der Waals surface area contributed by atoms with E-state index in [9.17, 15) is 9.59 Å². The molecule has 5 heteroatoms. The van der Waals surface area contributed by atoms with Gasteiger partial charge in [0.25, 0.3) is 0 Å². The average Bonchev–Trinajstić information content (AvgIpc) is 1.98. The first-order valence-corrected chi connectivity index (χ1v) is 2.51. The maximum atomic E-state index is 10.2. The van der Waals surface area contributed by atoms with Gasteiger partial charge in [-0.3, -0.25) is 0 Å². The fraction of sp³-hybridized carbons (Fsp3) is 0.600. The van der Waals surface area contributed by atoms with Crippen molar-refractivity contribution in [2.75, 3.05) is 20.3 Å². The van der Waals surface area contributed by atoms with E-state index < -0.39 is 6.16 Å². The molecule has 1 radical (unpaired) electrons. The Bertz CT molecular complexity index is 111. The van der Waals surface area contributed by atoms with Crippen LogP contribution >= 0.6 is 0 Å². The highest BCUT2D eigenvalue weighted by atomic mass is 16.7. The van der Waals surface area contributed by atoms with Gasteiger partial charge in [-0.05, 0) is 0 Å². The summed E-state index contributed by atoms with van der Waals surface area (Å²) in [7, 11) is 1.19. The maximum Gasteiger partial charge on any atom is 0.508 e. The van der Waals surface area contributed by atoms with Crippen molar-refractivity contribution < 1.29 is 23.8 Å². The SMILES string of the molecule is COC(=O)OCCO[C]=O. The minimum atomic E-state index is -0.797. The average molecular weight is 147 g/mol. The zero-order chi connectivity index (χ0) is 7.82. The molecule has 0 aliphatic rings. The van der Waals surface area contributed by atoms with Gasteiger partial charge in [0.1, 0.15) is 13.2 Å². The van der Waals surface area contributed by atoms with Crippen molar-refractivity contribution in [3.8, 4) is 0 Å². The second-order valence-electron chi connectivity index (χ2n) is 1.23. The first-order chi connectivity index (χ1) is 4.81. The molecule has 0 unspecified atom stereocenters. The Labute approximate surface area is 57.9 Å². The Morgan fingerprint density at radius 3 is 2.70 bits per heavy atom. The van der Waals surface area contributed by atoms with Crippen LogP contribution in [-0.4, -0.2) is 33.0 Å². The van der Waals surface area contributed by atoms with E-state index >= 15 is 0 Å². The number of hydrogen-bond donors (Lipinski definition) is 0. The predicted octanol–water partition coefficient (Wildman–Crippen LogP) is -0.147. The molecule has 0 bridgehead atoms. The zero-order valence-electron chi connectivity index (χ0n) is 5.46. The summed E-state index contributed by atoms with van der Waals surface area (Å²) in [6.07, 6.45) is -0.797. The summed E-state index contributed by atoms with van der Waals surface area (Å²) in [6, 6.07) is 0. The molecule has 0 aromatic heterocycles. The molecule has 0 fully saturated rings. The fourth-order valence-corrected chi connectivity index (χ4v) is 0.267. The van der Waals surface area contributed by atoms with Gasteiger partial charge in [-0.2, -0.15) is 0 Å². The van der Waals surface area contributed by atoms with Gasteiger partial charge in [-0.1, -0.05) is 0 Å². The summed E-state index contributed by atoms with van der Waals surface area (Å²) in [6.45, 7) is 1.16. The summed E-state index contributed by atoms with van der Waals surface area (Å²) < 4.78 is 12.5. The van der Waals surface area contributed by atoms with Gasteiger partial charge in [-0.15, -0.1) is 0 Å². The molecule has 0 rings (SSSR count). The molecule has 0 aliphatic heterocycles. The zero-order valence-corrected chi connectivity index (χ0v) is 5.46. The van der Waals surface area contributed by atoms with Gasteiger partial charge in [0.05, 0.1) is 7.11 Å². The van der Waals surface area contributed by atoms with Crippen LogP contribution in [0.15, 0.2) is 0 Å². The molecule has 0 heterocycles. The molecule has 0 amide bonds. The maximum absolute atomic E-state index is 10.2. The Kier molecular flexibility index (Phi) is 5.13. The van der Waals surface area contributed by atoms with Crippen molar-refractivity contribution in [2.45, 2.75) is 0 Å². The third kappa shape index (κ3) is 4.89. The third-order valence-electron chi connectivity index (χ3n) is 0.631. The number of ether oxygens (including phenoxy) is 3. The van der Waals surface area contributed by atoms with E-state index in [4.69, 9.17) is 0 Å². The molecular formula is C5H7O5. The highest BCUT2D eigenvalue weighted by Gasteiger charge is 1.97.